The molecule has 0 bridgehead atoms. The SMILES string of the molecule is COc1ccc(Cc2nn(-c3ccc(C#N)cc3)c3c2CCCCN3)cc1. The zero-order valence-corrected chi connectivity index (χ0v) is 15.4. The van der Waals surface area contributed by atoms with Gasteiger partial charge in [0.2, 0.25) is 0 Å². The van der Waals surface area contributed by atoms with Crippen LogP contribution >= 0.6 is 0 Å². The van der Waals surface area contributed by atoms with Crippen molar-refractivity contribution in [2.24, 2.45) is 0 Å². The highest BCUT2D eigenvalue weighted by Crippen LogP contribution is 2.29. The minimum absolute atomic E-state index is 0.656. The molecule has 0 atom stereocenters. The molecule has 0 saturated heterocycles. The Labute approximate surface area is 159 Å². The fourth-order valence-electron chi connectivity index (χ4n) is 3.52. The number of anilines is 1. The first-order chi connectivity index (χ1) is 13.3. The van der Waals surface area contributed by atoms with Gasteiger partial charge in [0.05, 0.1) is 30.1 Å². The van der Waals surface area contributed by atoms with Crippen molar-refractivity contribution in [2.75, 3.05) is 19.0 Å². The fraction of sp³-hybridized carbons (Fsp3) is 0.273. The highest BCUT2D eigenvalue weighted by molar-refractivity contribution is 5.55. The van der Waals surface area contributed by atoms with E-state index in [1.54, 1.807) is 7.11 Å². The van der Waals surface area contributed by atoms with Crippen LogP contribution in [0.2, 0.25) is 0 Å². The molecule has 2 aromatic carbocycles. The number of ether oxygens (including phenoxy) is 1. The van der Waals surface area contributed by atoms with Gasteiger partial charge in [-0.3, -0.25) is 0 Å². The molecule has 27 heavy (non-hydrogen) atoms. The Hall–Kier alpha value is -3.26. The van der Waals surface area contributed by atoms with Crippen molar-refractivity contribution in [2.45, 2.75) is 25.7 Å². The van der Waals surface area contributed by atoms with E-state index in [9.17, 15) is 0 Å². The Morgan fingerprint density at radius 3 is 2.59 bits per heavy atom. The number of nitriles is 1. The number of aromatic nitrogens is 2. The van der Waals surface area contributed by atoms with Crippen molar-refractivity contribution in [3.05, 3.63) is 70.9 Å². The first-order valence-corrected chi connectivity index (χ1v) is 9.26. The van der Waals surface area contributed by atoms with Crippen LogP contribution < -0.4 is 10.1 Å². The third-order valence-electron chi connectivity index (χ3n) is 4.98. The van der Waals surface area contributed by atoms with E-state index in [0.717, 1.165) is 55.2 Å². The summed E-state index contributed by atoms with van der Waals surface area (Å²) in [4.78, 5) is 0. The van der Waals surface area contributed by atoms with Crippen LogP contribution in [0.25, 0.3) is 5.69 Å². The molecule has 1 N–H and O–H groups in total. The molecule has 1 aliphatic rings. The lowest BCUT2D eigenvalue weighted by Gasteiger charge is -2.09. The normalized spacial score (nSPS) is 13.2. The second-order valence-corrected chi connectivity index (χ2v) is 6.75. The number of nitrogens with one attached hydrogen (secondary N) is 1. The summed E-state index contributed by atoms with van der Waals surface area (Å²) in [7, 11) is 1.68. The van der Waals surface area contributed by atoms with Crippen molar-refractivity contribution < 1.29 is 4.74 Å². The Morgan fingerprint density at radius 2 is 1.89 bits per heavy atom. The maximum atomic E-state index is 9.04. The predicted octanol–water partition coefficient (Wildman–Crippen LogP) is 4.09. The highest BCUT2D eigenvalue weighted by atomic mass is 16.5. The largest absolute Gasteiger partial charge is 0.497 e. The van der Waals surface area contributed by atoms with Gasteiger partial charge in [-0.25, -0.2) is 4.68 Å². The lowest BCUT2D eigenvalue weighted by Crippen LogP contribution is -2.07. The summed E-state index contributed by atoms with van der Waals surface area (Å²) in [5.41, 5.74) is 5.25. The summed E-state index contributed by atoms with van der Waals surface area (Å²) >= 11 is 0. The Kier molecular flexibility index (Phi) is 4.80. The van der Waals surface area contributed by atoms with Crippen LogP contribution in [0.5, 0.6) is 5.75 Å². The van der Waals surface area contributed by atoms with Gasteiger partial charge in [0.25, 0.3) is 0 Å². The van der Waals surface area contributed by atoms with Gasteiger partial charge < -0.3 is 10.1 Å². The molecule has 0 aliphatic carbocycles. The number of methoxy groups -OCH3 is 1. The van der Waals surface area contributed by atoms with E-state index in [0.29, 0.717) is 5.56 Å². The number of nitrogens with zero attached hydrogens (tertiary/aromatic N) is 3. The average Bonchev–Trinajstić information content (AvgIpc) is 2.89. The van der Waals surface area contributed by atoms with Crippen molar-refractivity contribution in [3.63, 3.8) is 0 Å². The van der Waals surface area contributed by atoms with Crippen molar-refractivity contribution in [1.82, 2.24) is 9.78 Å². The Balaban J connectivity index is 1.72. The van der Waals surface area contributed by atoms with Gasteiger partial charge >= 0.3 is 0 Å². The number of hydrogen-bond donors (Lipinski definition) is 1. The molecule has 0 saturated carbocycles. The standard InChI is InChI=1S/C22H22N4O/c1-27-19-11-7-16(8-12-19)14-21-20-4-2-3-13-24-22(20)26(25-21)18-9-5-17(15-23)6-10-18/h5-12,24H,2-4,13-14H2,1H3. The van der Waals surface area contributed by atoms with Crippen LogP contribution in [0.1, 0.15) is 35.2 Å². The molecule has 0 amide bonds. The third-order valence-corrected chi connectivity index (χ3v) is 4.98. The molecule has 0 radical (unpaired) electrons. The van der Waals surface area contributed by atoms with E-state index in [1.807, 2.05) is 41.1 Å². The van der Waals surface area contributed by atoms with Gasteiger partial charge in [0.1, 0.15) is 11.6 Å². The molecule has 5 nitrogen and oxygen atoms in total. The molecule has 0 unspecified atom stereocenters. The third kappa shape index (κ3) is 3.52. The van der Waals surface area contributed by atoms with E-state index in [2.05, 4.69) is 23.5 Å². The summed E-state index contributed by atoms with van der Waals surface area (Å²) in [5.74, 6) is 1.95. The van der Waals surface area contributed by atoms with E-state index < -0.39 is 0 Å². The maximum absolute atomic E-state index is 9.04. The lowest BCUT2D eigenvalue weighted by atomic mass is 10.0. The minimum atomic E-state index is 0.656. The fourth-order valence-corrected chi connectivity index (χ4v) is 3.52. The number of rotatable bonds is 4. The molecule has 1 aromatic heterocycles. The first-order valence-electron chi connectivity index (χ1n) is 9.26. The molecule has 0 fully saturated rings. The molecule has 136 valence electrons. The summed E-state index contributed by atoms with van der Waals surface area (Å²) < 4.78 is 7.24. The van der Waals surface area contributed by atoms with Crippen LogP contribution in [0.3, 0.4) is 0 Å². The summed E-state index contributed by atoms with van der Waals surface area (Å²) in [6, 6.07) is 17.9. The van der Waals surface area contributed by atoms with Gasteiger partial charge in [-0.2, -0.15) is 10.4 Å². The molecular weight excluding hydrogens is 336 g/mol. The number of hydrogen-bond acceptors (Lipinski definition) is 4. The highest BCUT2D eigenvalue weighted by Gasteiger charge is 2.20. The predicted molar refractivity (Wildman–Crippen MR) is 106 cm³/mol. The zero-order valence-electron chi connectivity index (χ0n) is 15.4. The van der Waals surface area contributed by atoms with Gasteiger partial charge in [-0.05, 0) is 61.2 Å². The smallest absolute Gasteiger partial charge is 0.133 e. The first kappa shape index (κ1) is 17.2. The molecule has 2 heterocycles. The molecular formula is C22H22N4O. The second kappa shape index (κ2) is 7.55. The molecule has 3 aromatic rings. The Morgan fingerprint density at radius 1 is 1.11 bits per heavy atom. The minimum Gasteiger partial charge on any atom is -0.497 e. The lowest BCUT2D eigenvalue weighted by molar-refractivity contribution is 0.414. The monoisotopic (exact) mass is 358 g/mol. The van der Waals surface area contributed by atoms with Crippen LogP contribution in [0.4, 0.5) is 5.82 Å². The molecule has 4 rings (SSSR count). The molecule has 5 heteroatoms. The molecule has 1 aliphatic heterocycles. The summed E-state index contributed by atoms with van der Waals surface area (Å²) in [6.07, 6.45) is 4.14. The second-order valence-electron chi connectivity index (χ2n) is 6.75. The average molecular weight is 358 g/mol. The zero-order chi connectivity index (χ0) is 18.6. The topological polar surface area (TPSA) is 62.9 Å². The van der Waals surface area contributed by atoms with Crippen LogP contribution in [0.15, 0.2) is 48.5 Å². The van der Waals surface area contributed by atoms with E-state index in [4.69, 9.17) is 15.1 Å². The van der Waals surface area contributed by atoms with Gasteiger partial charge in [-0.15, -0.1) is 0 Å². The van der Waals surface area contributed by atoms with Gasteiger partial charge in [0, 0.05) is 18.5 Å². The van der Waals surface area contributed by atoms with Gasteiger partial charge in [0.15, 0.2) is 0 Å². The van der Waals surface area contributed by atoms with E-state index in [1.165, 1.54) is 11.1 Å². The number of fused-ring (bicyclic) bond motifs is 1. The van der Waals surface area contributed by atoms with Crippen LogP contribution in [-0.4, -0.2) is 23.4 Å². The Bertz CT molecular complexity index is 965. The van der Waals surface area contributed by atoms with E-state index in [-0.39, 0.29) is 0 Å². The quantitative estimate of drug-likeness (QED) is 0.763. The van der Waals surface area contributed by atoms with Crippen LogP contribution in [-0.2, 0) is 12.8 Å². The van der Waals surface area contributed by atoms with E-state index >= 15 is 0 Å². The summed E-state index contributed by atoms with van der Waals surface area (Å²) in [6.45, 7) is 0.955. The number of benzene rings is 2. The van der Waals surface area contributed by atoms with Crippen molar-refractivity contribution in [1.29, 1.82) is 5.26 Å². The maximum Gasteiger partial charge on any atom is 0.133 e. The van der Waals surface area contributed by atoms with Gasteiger partial charge in [-0.1, -0.05) is 12.1 Å². The van der Waals surface area contributed by atoms with Crippen molar-refractivity contribution in [3.8, 4) is 17.5 Å². The van der Waals surface area contributed by atoms with Crippen molar-refractivity contribution >= 4 is 5.82 Å². The van der Waals surface area contributed by atoms with Crippen LogP contribution in [0, 0.1) is 11.3 Å². The molecule has 0 spiro atoms. The summed E-state index contributed by atoms with van der Waals surface area (Å²) in [5, 5.41) is 17.5.